The summed E-state index contributed by atoms with van der Waals surface area (Å²) in [6, 6.07) is 3.20. The minimum Gasteiger partial charge on any atom is -0.293 e. The number of halogens is 3. The average Bonchev–Trinajstić information content (AvgIpc) is 2.10. The first-order chi connectivity index (χ1) is 6.06. The minimum atomic E-state index is -0.214. The van der Waals surface area contributed by atoms with Crippen LogP contribution in [0.15, 0.2) is 12.1 Å². The van der Waals surface area contributed by atoms with Gasteiger partial charge in [-0.05, 0) is 24.6 Å². The molecule has 1 rings (SSSR count). The van der Waals surface area contributed by atoms with Crippen LogP contribution in [-0.2, 0) is 0 Å². The van der Waals surface area contributed by atoms with Gasteiger partial charge in [0, 0.05) is 10.6 Å². The molecule has 0 saturated carbocycles. The maximum absolute atomic E-state index is 11.2. The zero-order valence-electron chi connectivity index (χ0n) is 6.90. The molecule has 0 fully saturated rings. The van der Waals surface area contributed by atoms with E-state index in [2.05, 4.69) is 0 Å². The molecule has 70 valence electrons. The molecule has 0 aliphatic heterocycles. The molecular weight excluding hydrogens is 230 g/mol. The van der Waals surface area contributed by atoms with Gasteiger partial charge in [0.1, 0.15) is 0 Å². The number of benzene rings is 1. The lowest BCUT2D eigenvalue weighted by molar-refractivity contribution is 0.102. The van der Waals surface area contributed by atoms with Gasteiger partial charge in [-0.1, -0.05) is 23.2 Å². The van der Waals surface area contributed by atoms with Gasteiger partial charge >= 0.3 is 0 Å². The molecule has 4 heteroatoms. The molecule has 0 radical (unpaired) electrons. The fourth-order valence-corrected chi connectivity index (χ4v) is 1.56. The fourth-order valence-electron chi connectivity index (χ4n) is 0.932. The molecule has 0 atom stereocenters. The van der Waals surface area contributed by atoms with Crippen molar-refractivity contribution in [2.45, 2.75) is 6.92 Å². The molecule has 1 aromatic rings. The monoisotopic (exact) mass is 236 g/mol. The van der Waals surface area contributed by atoms with E-state index in [0.29, 0.717) is 15.6 Å². The quantitative estimate of drug-likeness (QED) is 0.566. The summed E-state index contributed by atoms with van der Waals surface area (Å²) in [5, 5.41) is 0.922. The van der Waals surface area contributed by atoms with E-state index < -0.39 is 0 Å². The highest BCUT2D eigenvalue weighted by molar-refractivity contribution is 6.38. The highest BCUT2D eigenvalue weighted by atomic mass is 35.5. The molecule has 0 spiro atoms. The van der Waals surface area contributed by atoms with Crippen molar-refractivity contribution < 1.29 is 4.79 Å². The Bertz CT molecular complexity index is 347. The number of carbonyl (C=O) groups excluding carboxylic acids is 1. The van der Waals surface area contributed by atoms with Crippen molar-refractivity contribution in [3.05, 3.63) is 33.3 Å². The molecule has 0 N–H and O–H groups in total. The van der Waals surface area contributed by atoms with Gasteiger partial charge in [0.25, 0.3) is 0 Å². The molecule has 0 aromatic heterocycles. The lowest BCUT2D eigenvalue weighted by Gasteiger charge is -2.04. The second kappa shape index (κ2) is 4.32. The van der Waals surface area contributed by atoms with E-state index in [4.69, 9.17) is 34.8 Å². The average molecular weight is 238 g/mol. The zero-order chi connectivity index (χ0) is 10.0. The van der Waals surface area contributed by atoms with Crippen LogP contribution >= 0.6 is 34.8 Å². The van der Waals surface area contributed by atoms with Crippen LogP contribution in [0.1, 0.15) is 15.9 Å². The van der Waals surface area contributed by atoms with Crippen molar-refractivity contribution in [1.82, 2.24) is 0 Å². The van der Waals surface area contributed by atoms with Crippen molar-refractivity contribution in [1.29, 1.82) is 0 Å². The van der Waals surface area contributed by atoms with E-state index >= 15 is 0 Å². The molecule has 0 bridgehead atoms. The lowest BCUT2D eigenvalue weighted by atomic mass is 10.1. The van der Waals surface area contributed by atoms with E-state index in [-0.39, 0.29) is 11.7 Å². The highest BCUT2D eigenvalue weighted by Crippen LogP contribution is 2.25. The smallest absolute Gasteiger partial charge is 0.179 e. The van der Waals surface area contributed by atoms with Gasteiger partial charge in [-0.15, -0.1) is 11.6 Å². The van der Waals surface area contributed by atoms with E-state index in [1.807, 2.05) is 6.92 Å². The Hall–Kier alpha value is -0.240. The zero-order valence-corrected chi connectivity index (χ0v) is 9.17. The number of rotatable bonds is 2. The Morgan fingerprint density at radius 3 is 2.46 bits per heavy atom. The fraction of sp³-hybridized carbons (Fsp3) is 0.222. The second-order valence-corrected chi connectivity index (χ2v) is 3.72. The van der Waals surface area contributed by atoms with E-state index in [1.54, 1.807) is 12.1 Å². The van der Waals surface area contributed by atoms with Crippen LogP contribution < -0.4 is 0 Å². The summed E-state index contributed by atoms with van der Waals surface area (Å²) in [6.45, 7) is 1.82. The summed E-state index contributed by atoms with van der Waals surface area (Å²) in [6.07, 6.45) is 0. The van der Waals surface area contributed by atoms with Crippen molar-refractivity contribution in [3.8, 4) is 0 Å². The summed E-state index contributed by atoms with van der Waals surface area (Å²) in [7, 11) is 0. The van der Waals surface area contributed by atoms with Gasteiger partial charge in [0.05, 0.1) is 10.9 Å². The van der Waals surface area contributed by atoms with E-state index in [9.17, 15) is 4.79 Å². The van der Waals surface area contributed by atoms with Crippen LogP contribution in [0.3, 0.4) is 0 Å². The van der Waals surface area contributed by atoms with Crippen molar-refractivity contribution >= 4 is 40.6 Å². The molecule has 0 saturated heterocycles. The van der Waals surface area contributed by atoms with Gasteiger partial charge in [-0.25, -0.2) is 0 Å². The number of hydrogen-bond acceptors (Lipinski definition) is 1. The standard InChI is InChI=1S/C9H7Cl3O/c1-5-2-8(12)6(3-7(5)11)9(13)4-10/h2-3H,4H2,1H3. The third-order valence-corrected chi connectivity index (χ3v) is 2.63. The first kappa shape index (κ1) is 10.8. The summed E-state index contributed by atoms with van der Waals surface area (Å²) in [5.41, 5.74) is 1.23. The van der Waals surface area contributed by atoms with Crippen molar-refractivity contribution in [3.63, 3.8) is 0 Å². The summed E-state index contributed by atoms with van der Waals surface area (Å²) in [5.74, 6) is -0.299. The Morgan fingerprint density at radius 2 is 1.92 bits per heavy atom. The van der Waals surface area contributed by atoms with Crippen LogP contribution in [0.2, 0.25) is 10.0 Å². The maximum atomic E-state index is 11.2. The molecule has 1 aromatic carbocycles. The largest absolute Gasteiger partial charge is 0.293 e. The predicted molar refractivity (Wildman–Crippen MR) is 56.2 cm³/mol. The van der Waals surface area contributed by atoms with E-state index in [1.165, 1.54) is 0 Å². The molecule has 0 aliphatic carbocycles. The van der Waals surface area contributed by atoms with Gasteiger partial charge in [-0.2, -0.15) is 0 Å². The highest BCUT2D eigenvalue weighted by Gasteiger charge is 2.11. The summed E-state index contributed by atoms with van der Waals surface area (Å²) >= 11 is 17.1. The molecule has 1 nitrogen and oxygen atoms in total. The van der Waals surface area contributed by atoms with Crippen molar-refractivity contribution in [2.24, 2.45) is 0 Å². The number of aryl methyl sites for hydroxylation is 1. The summed E-state index contributed by atoms with van der Waals surface area (Å²) in [4.78, 5) is 11.2. The van der Waals surface area contributed by atoms with Gasteiger partial charge in [-0.3, -0.25) is 4.79 Å². The molecule has 0 aliphatic rings. The summed E-state index contributed by atoms with van der Waals surface area (Å²) < 4.78 is 0. The minimum absolute atomic E-state index is 0.0842. The third-order valence-electron chi connectivity index (χ3n) is 1.67. The number of ketones is 1. The predicted octanol–water partition coefficient (Wildman–Crippen LogP) is 3.72. The number of alkyl halides is 1. The molecule has 13 heavy (non-hydrogen) atoms. The normalized spacial score (nSPS) is 10.2. The molecule has 0 heterocycles. The SMILES string of the molecule is Cc1cc(Cl)c(C(=O)CCl)cc1Cl. The van der Waals surface area contributed by atoms with Crippen LogP contribution in [0, 0.1) is 6.92 Å². The number of hydrogen-bond donors (Lipinski definition) is 0. The van der Waals surface area contributed by atoms with Crippen LogP contribution in [0.4, 0.5) is 0 Å². The lowest BCUT2D eigenvalue weighted by Crippen LogP contribution is -2.01. The Labute approximate surface area is 91.6 Å². The van der Waals surface area contributed by atoms with Crippen LogP contribution in [0.25, 0.3) is 0 Å². The topological polar surface area (TPSA) is 17.1 Å². The van der Waals surface area contributed by atoms with Gasteiger partial charge in [0.15, 0.2) is 5.78 Å². The van der Waals surface area contributed by atoms with Gasteiger partial charge in [0.2, 0.25) is 0 Å². The Morgan fingerprint density at radius 1 is 1.31 bits per heavy atom. The van der Waals surface area contributed by atoms with Crippen molar-refractivity contribution in [2.75, 3.05) is 5.88 Å². The van der Waals surface area contributed by atoms with Crippen LogP contribution in [0.5, 0.6) is 0 Å². The molecule has 0 unspecified atom stereocenters. The number of carbonyl (C=O) groups is 1. The second-order valence-electron chi connectivity index (χ2n) is 2.64. The maximum Gasteiger partial charge on any atom is 0.179 e. The Balaban J connectivity index is 3.23. The first-order valence-corrected chi connectivity index (χ1v) is 4.90. The number of Topliss-reactive ketones (excluding diaryl/α,β-unsaturated/α-hetero) is 1. The Kier molecular flexibility index (Phi) is 3.60. The van der Waals surface area contributed by atoms with E-state index in [0.717, 1.165) is 5.56 Å². The molecule has 0 amide bonds. The molecular formula is C9H7Cl3O. The van der Waals surface area contributed by atoms with Gasteiger partial charge < -0.3 is 0 Å². The van der Waals surface area contributed by atoms with Crippen LogP contribution in [-0.4, -0.2) is 11.7 Å². The third kappa shape index (κ3) is 2.37. The first-order valence-electron chi connectivity index (χ1n) is 3.61.